The lowest BCUT2D eigenvalue weighted by Crippen LogP contribution is -2.25. The summed E-state index contributed by atoms with van der Waals surface area (Å²) in [4.78, 5) is 17.0. The molecule has 0 saturated carbocycles. The van der Waals surface area contributed by atoms with Gasteiger partial charge in [-0.25, -0.2) is 18.6 Å². The summed E-state index contributed by atoms with van der Waals surface area (Å²) in [6.07, 6.45) is -4.08. The molecule has 0 spiro atoms. The summed E-state index contributed by atoms with van der Waals surface area (Å²) in [7, 11) is 0. The number of alkyl halides is 3. The SMILES string of the molecule is O=c1nc(C(F)(F)F)nc2ccc(F)cn12. The maximum atomic E-state index is 12.7. The Labute approximate surface area is 85.2 Å². The molecule has 0 aliphatic rings. The number of fused-ring (bicyclic) bond motifs is 1. The van der Waals surface area contributed by atoms with Gasteiger partial charge in [0.2, 0.25) is 5.82 Å². The van der Waals surface area contributed by atoms with E-state index in [1.165, 1.54) is 0 Å². The van der Waals surface area contributed by atoms with Crippen LogP contribution in [0.5, 0.6) is 0 Å². The van der Waals surface area contributed by atoms with E-state index < -0.39 is 23.5 Å². The van der Waals surface area contributed by atoms with Crippen molar-refractivity contribution in [3.05, 3.63) is 40.5 Å². The van der Waals surface area contributed by atoms with Crippen molar-refractivity contribution in [2.45, 2.75) is 6.18 Å². The van der Waals surface area contributed by atoms with Gasteiger partial charge in [0.05, 0.1) is 6.20 Å². The molecular formula is C8H3F4N3O. The van der Waals surface area contributed by atoms with E-state index in [2.05, 4.69) is 9.97 Å². The zero-order valence-corrected chi connectivity index (χ0v) is 7.49. The van der Waals surface area contributed by atoms with Crippen molar-refractivity contribution in [1.82, 2.24) is 14.4 Å². The smallest absolute Gasteiger partial charge is 0.248 e. The zero-order valence-electron chi connectivity index (χ0n) is 7.49. The Bertz CT molecular complexity index is 604. The van der Waals surface area contributed by atoms with E-state index in [4.69, 9.17) is 0 Å². The molecule has 0 saturated heterocycles. The van der Waals surface area contributed by atoms with Crippen molar-refractivity contribution in [1.29, 1.82) is 0 Å². The molecule has 0 amide bonds. The van der Waals surface area contributed by atoms with Crippen LogP contribution in [-0.2, 0) is 6.18 Å². The minimum atomic E-state index is -4.80. The third-order valence-corrected chi connectivity index (χ3v) is 1.77. The van der Waals surface area contributed by atoms with Crippen LogP contribution in [-0.4, -0.2) is 14.4 Å². The average molecular weight is 233 g/mol. The minimum absolute atomic E-state index is 0.311. The van der Waals surface area contributed by atoms with Gasteiger partial charge >= 0.3 is 11.9 Å². The summed E-state index contributed by atoms with van der Waals surface area (Å²) in [6, 6.07) is 1.87. The monoisotopic (exact) mass is 233 g/mol. The minimum Gasteiger partial charge on any atom is -0.248 e. The Balaban J connectivity index is 2.79. The predicted octanol–water partition coefficient (Wildman–Crippen LogP) is 1.25. The second kappa shape index (κ2) is 3.26. The molecule has 4 nitrogen and oxygen atoms in total. The lowest BCUT2D eigenvalue weighted by Gasteiger charge is -2.05. The lowest BCUT2D eigenvalue weighted by atomic mass is 10.4. The number of hydrogen-bond acceptors (Lipinski definition) is 3. The van der Waals surface area contributed by atoms with Crippen LogP contribution in [0.2, 0.25) is 0 Å². The highest BCUT2D eigenvalue weighted by Crippen LogP contribution is 2.25. The second-order valence-corrected chi connectivity index (χ2v) is 2.90. The van der Waals surface area contributed by atoms with Crippen LogP contribution in [0, 0.1) is 5.82 Å². The van der Waals surface area contributed by atoms with E-state index in [0.29, 0.717) is 4.40 Å². The zero-order chi connectivity index (χ0) is 11.9. The van der Waals surface area contributed by atoms with Crippen molar-refractivity contribution >= 4 is 5.65 Å². The van der Waals surface area contributed by atoms with Crippen molar-refractivity contribution in [3.8, 4) is 0 Å². The normalized spacial score (nSPS) is 12.0. The van der Waals surface area contributed by atoms with Gasteiger partial charge in [0.25, 0.3) is 0 Å². The van der Waals surface area contributed by atoms with Crippen LogP contribution in [0.4, 0.5) is 17.6 Å². The number of halogens is 4. The Kier molecular flexibility index (Phi) is 2.14. The number of pyridine rings is 1. The molecule has 0 N–H and O–H groups in total. The Morgan fingerprint density at radius 2 is 1.88 bits per heavy atom. The Morgan fingerprint density at radius 1 is 1.19 bits per heavy atom. The highest BCUT2D eigenvalue weighted by Gasteiger charge is 2.35. The summed E-state index contributed by atoms with van der Waals surface area (Å²) >= 11 is 0. The fourth-order valence-electron chi connectivity index (χ4n) is 1.12. The largest absolute Gasteiger partial charge is 0.451 e. The van der Waals surface area contributed by atoms with E-state index in [-0.39, 0.29) is 5.65 Å². The first-order valence-corrected chi connectivity index (χ1v) is 4.01. The molecule has 0 radical (unpaired) electrons. The molecular weight excluding hydrogens is 230 g/mol. The van der Waals surface area contributed by atoms with Crippen molar-refractivity contribution in [2.75, 3.05) is 0 Å². The fraction of sp³-hybridized carbons (Fsp3) is 0.125. The molecule has 84 valence electrons. The molecule has 2 rings (SSSR count). The van der Waals surface area contributed by atoms with E-state index in [9.17, 15) is 22.4 Å². The van der Waals surface area contributed by atoms with Gasteiger partial charge in [-0.15, -0.1) is 0 Å². The first kappa shape index (κ1) is 10.5. The van der Waals surface area contributed by atoms with Gasteiger partial charge in [-0.2, -0.15) is 18.2 Å². The number of aromatic nitrogens is 3. The molecule has 8 heteroatoms. The molecule has 0 fully saturated rings. The highest BCUT2D eigenvalue weighted by atomic mass is 19.4. The fourth-order valence-corrected chi connectivity index (χ4v) is 1.12. The third kappa shape index (κ3) is 1.73. The Hall–Kier alpha value is -1.99. The molecule has 0 atom stereocenters. The number of hydrogen-bond donors (Lipinski definition) is 0. The van der Waals surface area contributed by atoms with Gasteiger partial charge in [-0.1, -0.05) is 0 Å². The van der Waals surface area contributed by atoms with E-state index >= 15 is 0 Å². The molecule has 0 aromatic carbocycles. The van der Waals surface area contributed by atoms with Crippen LogP contribution in [0.3, 0.4) is 0 Å². The molecule has 0 bridgehead atoms. The van der Waals surface area contributed by atoms with Crippen LogP contribution in [0.1, 0.15) is 5.82 Å². The summed E-state index contributed by atoms with van der Waals surface area (Å²) < 4.78 is 50.0. The van der Waals surface area contributed by atoms with E-state index in [1.54, 1.807) is 0 Å². The maximum Gasteiger partial charge on any atom is 0.451 e. The van der Waals surface area contributed by atoms with E-state index in [1.807, 2.05) is 0 Å². The lowest BCUT2D eigenvalue weighted by molar-refractivity contribution is -0.145. The van der Waals surface area contributed by atoms with Crippen molar-refractivity contribution in [3.63, 3.8) is 0 Å². The summed E-state index contributed by atoms with van der Waals surface area (Å²) in [5, 5.41) is 0. The second-order valence-electron chi connectivity index (χ2n) is 2.90. The standard InChI is InChI=1S/C8H3F4N3O/c9-4-1-2-5-13-6(8(10,11)12)14-7(16)15(5)3-4/h1-3H. The number of rotatable bonds is 0. The molecule has 16 heavy (non-hydrogen) atoms. The van der Waals surface area contributed by atoms with Crippen LogP contribution < -0.4 is 5.69 Å². The molecule has 2 heterocycles. The van der Waals surface area contributed by atoms with E-state index in [0.717, 1.165) is 18.3 Å². The summed E-state index contributed by atoms with van der Waals surface area (Å²) in [5.74, 6) is -2.30. The van der Waals surface area contributed by atoms with Crippen molar-refractivity contribution < 1.29 is 17.6 Å². The third-order valence-electron chi connectivity index (χ3n) is 1.77. The topological polar surface area (TPSA) is 47.3 Å². The van der Waals surface area contributed by atoms with Crippen LogP contribution in [0.25, 0.3) is 5.65 Å². The highest BCUT2D eigenvalue weighted by molar-refractivity contribution is 5.37. The quantitative estimate of drug-likeness (QED) is 0.643. The molecule has 0 unspecified atom stereocenters. The summed E-state index contributed by atoms with van der Waals surface area (Å²) in [5.41, 5.74) is -1.54. The van der Waals surface area contributed by atoms with Gasteiger partial charge in [-0.05, 0) is 12.1 Å². The number of nitrogens with zero attached hydrogens (tertiary/aromatic N) is 3. The predicted molar refractivity (Wildman–Crippen MR) is 44.2 cm³/mol. The first-order valence-electron chi connectivity index (χ1n) is 4.01. The average Bonchev–Trinajstić information content (AvgIpc) is 2.17. The Morgan fingerprint density at radius 3 is 2.50 bits per heavy atom. The van der Waals surface area contributed by atoms with Gasteiger partial charge in [-0.3, -0.25) is 0 Å². The van der Waals surface area contributed by atoms with Gasteiger partial charge in [0.15, 0.2) is 0 Å². The molecule has 0 aliphatic carbocycles. The van der Waals surface area contributed by atoms with Crippen LogP contribution >= 0.6 is 0 Å². The van der Waals surface area contributed by atoms with Crippen LogP contribution in [0.15, 0.2) is 23.1 Å². The maximum absolute atomic E-state index is 12.7. The van der Waals surface area contributed by atoms with Gasteiger partial charge in [0, 0.05) is 0 Å². The summed E-state index contributed by atoms with van der Waals surface area (Å²) in [6.45, 7) is 0. The molecule has 0 aliphatic heterocycles. The van der Waals surface area contributed by atoms with Gasteiger partial charge < -0.3 is 0 Å². The molecule has 2 aromatic rings. The molecule has 2 aromatic heterocycles. The first-order chi connectivity index (χ1) is 7.38. The van der Waals surface area contributed by atoms with Crippen molar-refractivity contribution in [2.24, 2.45) is 0 Å². The van der Waals surface area contributed by atoms with Gasteiger partial charge in [0.1, 0.15) is 11.5 Å².